The minimum Gasteiger partial charge on any atom is -0.507 e. The van der Waals surface area contributed by atoms with Gasteiger partial charge in [-0.3, -0.25) is 9.59 Å². The van der Waals surface area contributed by atoms with Crippen LogP contribution in [0.15, 0.2) is 42.0 Å². The predicted octanol–water partition coefficient (Wildman–Crippen LogP) is 4.57. The molecule has 1 N–H and O–H groups in total. The van der Waals surface area contributed by atoms with Crippen molar-refractivity contribution in [2.45, 2.75) is 39.2 Å². The standard InChI is InChI=1S/C29H39N3O4/c1-18(2)22-17-23(19(3)16-24(22)36-8)27(33)25-26(20-10-12-21(13-11-20)31(6)7)32(29(35)28(25)34)15-9-14-30(4)5/h10-13,16-18,26,33H,9,14-15H2,1-8H3/b27-25+. The number of aliphatic hydroxyl groups excluding tert-OH is 1. The average molecular weight is 494 g/mol. The first kappa shape index (κ1) is 27.3. The topological polar surface area (TPSA) is 73.3 Å². The second-order valence-electron chi connectivity index (χ2n) is 10.2. The van der Waals surface area contributed by atoms with Crippen LogP contribution in [0.3, 0.4) is 0 Å². The molecule has 194 valence electrons. The highest BCUT2D eigenvalue weighted by Gasteiger charge is 2.46. The van der Waals surface area contributed by atoms with Gasteiger partial charge in [-0.2, -0.15) is 0 Å². The number of Topliss-reactive ketones (excluding diaryl/α,β-unsaturated/α-hetero) is 1. The highest BCUT2D eigenvalue weighted by molar-refractivity contribution is 6.46. The molecule has 2 aromatic rings. The van der Waals surface area contributed by atoms with Gasteiger partial charge in [-0.05, 0) is 80.9 Å². The van der Waals surface area contributed by atoms with Crippen LogP contribution in [0, 0.1) is 6.92 Å². The number of methoxy groups -OCH3 is 1. The summed E-state index contributed by atoms with van der Waals surface area (Å²) < 4.78 is 5.55. The molecular formula is C29H39N3O4. The van der Waals surface area contributed by atoms with E-state index in [4.69, 9.17) is 4.74 Å². The lowest BCUT2D eigenvalue weighted by atomic mass is 9.91. The number of likely N-dealkylation sites (tertiary alicyclic amines) is 1. The molecule has 7 heteroatoms. The van der Waals surface area contributed by atoms with Gasteiger partial charge in [0.25, 0.3) is 11.7 Å². The molecule has 1 heterocycles. The predicted molar refractivity (Wildman–Crippen MR) is 145 cm³/mol. The van der Waals surface area contributed by atoms with E-state index < -0.39 is 17.7 Å². The molecule has 3 rings (SSSR count). The van der Waals surface area contributed by atoms with E-state index in [1.807, 2.05) is 95.2 Å². The molecule has 1 aliphatic rings. The normalized spacial score (nSPS) is 17.4. The zero-order valence-corrected chi connectivity index (χ0v) is 22.8. The van der Waals surface area contributed by atoms with E-state index >= 15 is 0 Å². The maximum atomic E-state index is 13.4. The number of ether oxygens (including phenoxy) is 1. The van der Waals surface area contributed by atoms with Crippen LogP contribution >= 0.6 is 0 Å². The third kappa shape index (κ3) is 5.41. The Bertz CT molecular complexity index is 1150. The third-order valence-electron chi connectivity index (χ3n) is 6.72. The molecule has 0 bridgehead atoms. The molecule has 0 aromatic heterocycles. The number of nitrogens with zero attached hydrogens (tertiary/aromatic N) is 3. The van der Waals surface area contributed by atoms with Crippen LogP contribution in [-0.4, -0.2) is 75.0 Å². The van der Waals surface area contributed by atoms with E-state index in [1.54, 1.807) is 12.0 Å². The van der Waals surface area contributed by atoms with E-state index in [9.17, 15) is 14.7 Å². The smallest absolute Gasteiger partial charge is 0.295 e. The van der Waals surface area contributed by atoms with Crippen molar-refractivity contribution in [3.05, 3.63) is 64.2 Å². The van der Waals surface area contributed by atoms with Crippen molar-refractivity contribution in [3.8, 4) is 5.75 Å². The van der Waals surface area contributed by atoms with Crippen molar-refractivity contribution in [2.75, 3.05) is 53.3 Å². The number of aryl methyl sites for hydroxylation is 1. The summed E-state index contributed by atoms with van der Waals surface area (Å²) in [7, 11) is 9.49. The van der Waals surface area contributed by atoms with Crippen LogP contribution in [0.1, 0.15) is 54.5 Å². The van der Waals surface area contributed by atoms with Gasteiger partial charge in [-0.25, -0.2) is 0 Å². The SMILES string of the molecule is COc1cc(C)c(/C(O)=C2\C(=O)C(=O)N(CCCN(C)C)C2c2ccc(N(C)C)cc2)cc1C(C)C. The van der Waals surface area contributed by atoms with E-state index in [0.29, 0.717) is 18.5 Å². The quantitative estimate of drug-likeness (QED) is 0.314. The Morgan fingerprint density at radius 2 is 1.72 bits per heavy atom. The number of rotatable bonds is 9. The first-order valence-corrected chi connectivity index (χ1v) is 12.4. The lowest BCUT2D eigenvalue weighted by Gasteiger charge is -2.26. The van der Waals surface area contributed by atoms with Crippen LogP contribution in [-0.2, 0) is 9.59 Å². The summed E-state index contributed by atoms with van der Waals surface area (Å²) in [6, 6.07) is 10.9. The minimum absolute atomic E-state index is 0.130. The molecule has 36 heavy (non-hydrogen) atoms. The number of amides is 1. The molecule has 7 nitrogen and oxygen atoms in total. The number of carbonyl (C=O) groups is 2. The maximum absolute atomic E-state index is 13.4. The van der Waals surface area contributed by atoms with Crippen LogP contribution < -0.4 is 9.64 Å². The Morgan fingerprint density at radius 3 is 2.25 bits per heavy atom. The van der Waals surface area contributed by atoms with Crippen molar-refractivity contribution in [2.24, 2.45) is 0 Å². The molecule has 1 atom stereocenters. The van der Waals surface area contributed by atoms with Gasteiger partial charge in [0.1, 0.15) is 11.5 Å². The average Bonchev–Trinajstić information content (AvgIpc) is 3.08. The van der Waals surface area contributed by atoms with Gasteiger partial charge in [0.05, 0.1) is 18.7 Å². The molecule has 0 spiro atoms. The molecular weight excluding hydrogens is 454 g/mol. The zero-order chi connectivity index (χ0) is 26.7. The molecule has 1 saturated heterocycles. The van der Waals surface area contributed by atoms with Crippen molar-refractivity contribution >= 4 is 23.1 Å². The van der Waals surface area contributed by atoms with Crippen molar-refractivity contribution in [1.82, 2.24) is 9.80 Å². The fourth-order valence-electron chi connectivity index (χ4n) is 4.70. The molecule has 0 aliphatic carbocycles. The first-order chi connectivity index (χ1) is 17.0. The summed E-state index contributed by atoms with van der Waals surface area (Å²) in [6.07, 6.45) is 0.714. The number of ketones is 1. The fourth-order valence-corrected chi connectivity index (χ4v) is 4.70. The molecule has 1 fully saturated rings. The van der Waals surface area contributed by atoms with Gasteiger partial charge < -0.3 is 24.5 Å². The monoisotopic (exact) mass is 493 g/mol. The zero-order valence-electron chi connectivity index (χ0n) is 22.8. The van der Waals surface area contributed by atoms with Crippen LogP contribution in [0.2, 0.25) is 0 Å². The highest BCUT2D eigenvalue weighted by atomic mass is 16.5. The van der Waals surface area contributed by atoms with E-state index in [0.717, 1.165) is 34.7 Å². The Labute approximate surface area is 215 Å². The second-order valence-corrected chi connectivity index (χ2v) is 10.2. The van der Waals surface area contributed by atoms with Crippen LogP contribution in [0.5, 0.6) is 5.75 Å². The van der Waals surface area contributed by atoms with Gasteiger partial charge in [0, 0.05) is 31.9 Å². The summed E-state index contributed by atoms with van der Waals surface area (Å²) in [4.78, 5) is 32.3. The van der Waals surface area contributed by atoms with Gasteiger partial charge in [-0.1, -0.05) is 26.0 Å². The van der Waals surface area contributed by atoms with Gasteiger partial charge in [0.15, 0.2) is 0 Å². The van der Waals surface area contributed by atoms with Gasteiger partial charge >= 0.3 is 0 Å². The van der Waals surface area contributed by atoms with E-state index in [-0.39, 0.29) is 17.3 Å². The van der Waals surface area contributed by atoms with Crippen molar-refractivity contribution < 1.29 is 19.4 Å². The number of carbonyl (C=O) groups excluding carboxylic acids is 2. The Hall–Kier alpha value is -3.32. The van der Waals surface area contributed by atoms with Crippen molar-refractivity contribution in [3.63, 3.8) is 0 Å². The maximum Gasteiger partial charge on any atom is 0.295 e. The molecule has 0 radical (unpaired) electrons. The fraction of sp³-hybridized carbons (Fsp3) is 0.448. The number of hydrogen-bond donors (Lipinski definition) is 1. The minimum atomic E-state index is -0.660. The number of aliphatic hydroxyl groups is 1. The van der Waals surface area contributed by atoms with Crippen LogP contribution in [0.4, 0.5) is 5.69 Å². The Balaban J connectivity index is 2.19. The first-order valence-electron chi connectivity index (χ1n) is 12.4. The van der Waals surface area contributed by atoms with E-state index in [1.165, 1.54) is 0 Å². The van der Waals surface area contributed by atoms with Crippen LogP contribution in [0.25, 0.3) is 5.76 Å². The highest BCUT2D eigenvalue weighted by Crippen LogP contribution is 2.41. The molecule has 2 aromatic carbocycles. The summed E-state index contributed by atoms with van der Waals surface area (Å²) in [5.41, 5.74) is 4.18. The van der Waals surface area contributed by atoms with Gasteiger partial charge in [0.2, 0.25) is 0 Å². The summed E-state index contributed by atoms with van der Waals surface area (Å²) in [6.45, 7) is 7.17. The van der Waals surface area contributed by atoms with Crippen molar-refractivity contribution in [1.29, 1.82) is 0 Å². The lowest BCUT2D eigenvalue weighted by Crippen LogP contribution is -2.32. The molecule has 1 amide bonds. The number of benzene rings is 2. The van der Waals surface area contributed by atoms with E-state index in [2.05, 4.69) is 0 Å². The molecule has 1 aliphatic heterocycles. The largest absolute Gasteiger partial charge is 0.507 e. The third-order valence-corrected chi connectivity index (χ3v) is 6.72. The Morgan fingerprint density at radius 1 is 1.08 bits per heavy atom. The Kier molecular flexibility index (Phi) is 8.46. The summed E-state index contributed by atoms with van der Waals surface area (Å²) in [5.74, 6) is -0.492. The second kappa shape index (κ2) is 11.2. The summed E-state index contributed by atoms with van der Waals surface area (Å²) >= 11 is 0. The number of hydrogen-bond acceptors (Lipinski definition) is 6. The van der Waals surface area contributed by atoms with Gasteiger partial charge in [-0.15, -0.1) is 0 Å². The molecule has 0 saturated carbocycles. The number of anilines is 1. The lowest BCUT2D eigenvalue weighted by molar-refractivity contribution is -0.139. The molecule has 1 unspecified atom stereocenters. The summed E-state index contributed by atoms with van der Waals surface area (Å²) in [5, 5.41) is 11.6.